The molecule has 2 N–H and O–H groups in total. The van der Waals surface area contributed by atoms with Gasteiger partial charge in [0.05, 0.1) is 22.9 Å². The van der Waals surface area contributed by atoms with Crippen molar-refractivity contribution in [3.05, 3.63) is 88.4 Å². The fourth-order valence-electron chi connectivity index (χ4n) is 2.86. The van der Waals surface area contributed by atoms with E-state index in [4.69, 9.17) is 16.3 Å². The van der Waals surface area contributed by atoms with Crippen molar-refractivity contribution in [3.63, 3.8) is 0 Å². The first-order valence-corrected chi connectivity index (χ1v) is 11.5. The quantitative estimate of drug-likeness (QED) is 0.477. The molecule has 0 saturated carbocycles. The average Bonchev–Trinajstić information content (AvgIpc) is 2.76. The van der Waals surface area contributed by atoms with Crippen LogP contribution in [0.5, 0.6) is 0 Å². The number of hydrogen-bond acceptors (Lipinski definition) is 5. The highest BCUT2D eigenvalue weighted by atomic mass is 35.5. The van der Waals surface area contributed by atoms with E-state index in [-0.39, 0.29) is 33.3 Å². The Morgan fingerprint density at radius 2 is 1.69 bits per heavy atom. The van der Waals surface area contributed by atoms with Crippen molar-refractivity contribution in [2.45, 2.75) is 18.7 Å². The summed E-state index contributed by atoms with van der Waals surface area (Å²) in [7, 11) is -4.05. The lowest BCUT2D eigenvalue weighted by Gasteiger charge is -2.13. The molecule has 0 heterocycles. The maximum absolute atomic E-state index is 12.9. The van der Waals surface area contributed by atoms with Crippen LogP contribution in [0.2, 0.25) is 5.02 Å². The van der Waals surface area contributed by atoms with Gasteiger partial charge in [0.25, 0.3) is 15.9 Å². The first kappa shape index (κ1) is 23.3. The Balaban J connectivity index is 1.88. The van der Waals surface area contributed by atoms with Gasteiger partial charge in [-0.25, -0.2) is 13.2 Å². The number of para-hydroxylation sites is 1. The van der Waals surface area contributed by atoms with Gasteiger partial charge in [-0.1, -0.05) is 41.4 Å². The van der Waals surface area contributed by atoms with Gasteiger partial charge < -0.3 is 10.1 Å². The number of benzene rings is 3. The predicted molar refractivity (Wildman–Crippen MR) is 124 cm³/mol. The summed E-state index contributed by atoms with van der Waals surface area (Å²) < 4.78 is 33.2. The van der Waals surface area contributed by atoms with E-state index in [2.05, 4.69) is 10.0 Å². The molecule has 0 saturated heterocycles. The Kier molecular flexibility index (Phi) is 7.17. The van der Waals surface area contributed by atoms with Gasteiger partial charge in [0.2, 0.25) is 0 Å². The van der Waals surface area contributed by atoms with Crippen molar-refractivity contribution in [1.29, 1.82) is 0 Å². The molecule has 0 radical (unpaired) electrons. The molecule has 3 aromatic rings. The molecule has 1 amide bonds. The third-order valence-corrected chi connectivity index (χ3v) is 6.32. The summed E-state index contributed by atoms with van der Waals surface area (Å²) in [5.74, 6) is -1.18. The van der Waals surface area contributed by atoms with Gasteiger partial charge in [-0.2, -0.15) is 0 Å². The van der Waals surface area contributed by atoms with Gasteiger partial charge in [0, 0.05) is 11.3 Å². The van der Waals surface area contributed by atoms with E-state index in [0.29, 0.717) is 5.69 Å². The minimum Gasteiger partial charge on any atom is -0.462 e. The number of ether oxygens (including phenoxy) is 1. The summed E-state index contributed by atoms with van der Waals surface area (Å²) in [4.78, 5) is 24.7. The Bertz CT molecular complexity index is 1260. The zero-order valence-corrected chi connectivity index (χ0v) is 19.0. The van der Waals surface area contributed by atoms with E-state index in [9.17, 15) is 18.0 Å². The Labute approximate surface area is 191 Å². The first-order valence-electron chi connectivity index (χ1n) is 9.68. The van der Waals surface area contributed by atoms with Crippen molar-refractivity contribution >= 4 is 44.9 Å². The molecule has 0 aromatic heterocycles. The Morgan fingerprint density at radius 3 is 2.38 bits per heavy atom. The number of amides is 1. The maximum atomic E-state index is 12.9. The van der Waals surface area contributed by atoms with Crippen molar-refractivity contribution in [1.82, 2.24) is 0 Å². The Morgan fingerprint density at radius 1 is 1.00 bits per heavy atom. The van der Waals surface area contributed by atoms with Crippen molar-refractivity contribution < 1.29 is 22.7 Å². The number of hydrogen-bond donors (Lipinski definition) is 2. The number of anilines is 2. The minimum atomic E-state index is -4.05. The summed E-state index contributed by atoms with van der Waals surface area (Å²) in [6.07, 6.45) is 0. The lowest BCUT2D eigenvalue weighted by molar-refractivity contribution is 0.0527. The van der Waals surface area contributed by atoms with Crippen LogP contribution in [0.3, 0.4) is 0 Å². The molecule has 32 heavy (non-hydrogen) atoms. The van der Waals surface area contributed by atoms with Crippen LogP contribution < -0.4 is 10.0 Å². The molecule has 0 atom stereocenters. The Hall–Kier alpha value is -3.36. The summed E-state index contributed by atoms with van der Waals surface area (Å²) in [6.45, 7) is 3.75. The standard InChI is InChI=1S/C23H21ClN2O5S/c1-3-31-23(28)18-6-4-5-7-20(18)25-22(27)16-10-13-19(24)21(14-16)32(29,30)26-17-11-8-15(2)9-12-17/h4-14,26H,3H2,1-2H3,(H,25,27). The summed E-state index contributed by atoms with van der Waals surface area (Å²) in [5, 5.41) is 2.59. The normalized spacial score (nSPS) is 11.0. The molecular weight excluding hydrogens is 452 g/mol. The molecule has 0 spiro atoms. The number of carbonyl (C=O) groups is 2. The number of aryl methyl sites for hydroxylation is 1. The van der Waals surface area contributed by atoms with Gasteiger partial charge in [-0.3, -0.25) is 9.52 Å². The van der Waals surface area contributed by atoms with Crippen molar-refractivity contribution in [2.75, 3.05) is 16.6 Å². The zero-order valence-electron chi connectivity index (χ0n) is 17.4. The fourth-order valence-corrected chi connectivity index (χ4v) is 4.44. The molecule has 0 aliphatic heterocycles. The highest BCUT2D eigenvalue weighted by Crippen LogP contribution is 2.26. The van der Waals surface area contributed by atoms with Crippen molar-refractivity contribution in [3.8, 4) is 0 Å². The third-order valence-electron chi connectivity index (χ3n) is 4.46. The first-order chi connectivity index (χ1) is 15.2. The largest absolute Gasteiger partial charge is 0.462 e. The van der Waals surface area contributed by atoms with E-state index < -0.39 is 21.9 Å². The van der Waals surface area contributed by atoms with E-state index in [1.54, 1.807) is 49.4 Å². The molecule has 3 rings (SSSR count). The SMILES string of the molecule is CCOC(=O)c1ccccc1NC(=O)c1ccc(Cl)c(S(=O)(=O)Nc2ccc(C)cc2)c1. The van der Waals surface area contributed by atoms with Crippen LogP contribution in [0.4, 0.5) is 11.4 Å². The van der Waals surface area contributed by atoms with Gasteiger partial charge in [0.15, 0.2) is 0 Å². The summed E-state index contributed by atoms with van der Waals surface area (Å²) >= 11 is 6.13. The van der Waals surface area contributed by atoms with E-state index in [1.165, 1.54) is 24.3 Å². The average molecular weight is 473 g/mol. The second kappa shape index (κ2) is 9.84. The van der Waals surface area contributed by atoms with Crippen LogP contribution >= 0.6 is 11.6 Å². The smallest absolute Gasteiger partial charge is 0.340 e. The fraction of sp³-hybridized carbons (Fsp3) is 0.130. The van der Waals surface area contributed by atoms with Gasteiger partial charge in [-0.05, 0) is 56.3 Å². The summed E-state index contributed by atoms with van der Waals surface area (Å²) in [5.41, 5.74) is 1.83. The zero-order chi connectivity index (χ0) is 23.3. The molecule has 0 aliphatic carbocycles. The molecule has 0 unspecified atom stereocenters. The number of rotatable bonds is 7. The number of esters is 1. The van der Waals surface area contributed by atoms with Crippen molar-refractivity contribution in [2.24, 2.45) is 0 Å². The van der Waals surface area contributed by atoms with Crippen LogP contribution in [0.25, 0.3) is 0 Å². The van der Waals surface area contributed by atoms with Gasteiger partial charge in [0.1, 0.15) is 4.90 Å². The van der Waals surface area contributed by atoms with E-state index in [1.807, 2.05) is 6.92 Å². The van der Waals surface area contributed by atoms with Crippen LogP contribution in [0.1, 0.15) is 33.2 Å². The van der Waals surface area contributed by atoms with Gasteiger partial charge in [-0.15, -0.1) is 0 Å². The summed E-state index contributed by atoms with van der Waals surface area (Å²) in [6, 6.07) is 17.1. The molecule has 0 aliphatic rings. The monoisotopic (exact) mass is 472 g/mol. The number of nitrogens with one attached hydrogen (secondary N) is 2. The highest BCUT2D eigenvalue weighted by molar-refractivity contribution is 7.92. The number of carbonyl (C=O) groups excluding carboxylic acids is 2. The second-order valence-corrected chi connectivity index (χ2v) is 8.89. The van der Waals surface area contributed by atoms with Crippen LogP contribution in [-0.4, -0.2) is 26.9 Å². The van der Waals surface area contributed by atoms with Crippen LogP contribution in [0.15, 0.2) is 71.6 Å². The lowest BCUT2D eigenvalue weighted by Crippen LogP contribution is -2.18. The second-order valence-electron chi connectivity index (χ2n) is 6.84. The lowest BCUT2D eigenvalue weighted by atomic mass is 10.1. The number of halogens is 1. The van der Waals surface area contributed by atoms with E-state index >= 15 is 0 Å². The van der Waals surface area contributed by atoms with E-state index in [0.717, 1.165) is 5.56 Å². The molecule has 9 heteroatoms. The van der Waals surface area contributed by atoms with Crippen LogP contribution in [-0.2, 0) is 14.8 Å². The minimum absolute atomic E-state index is 0.0342. The maximum Gasteiger partial charge on any atom is 0.340 e. The number of sulfonamides is 1. The molecule has 3 aromatic carbocycles. The molecule has 166 valence electrons. The highest BCUT2D eigenvalue weighted by Gasteiger charge is 2.21. The molecule has 7 nitrogen and oxygen atoms in total. The van der Waals surface area contributed by atoms with Crippen LogP contribution in [0, 0.1) is 6.92 Å². The van der Waals surface area contributed by atoms with Gasteiger partial charge >= 0.3 is 5.97 Å². The molecule has 0 fully saturated rings. The molecule has 0 bridgehead atoms. The predicted octanol–water partition coefficient (Wildman–Crippen LogP) is 4.88. The topological polar surface area (TPSA) is 102 Å². The molecular formula is C23H21ClN2O5S. The third kappa shape index (κ3) is 5.46.